The third-order valence-electron chi connectivity index (χ3n) is 5.08. The summed E-state index contributed by atoms with van der Waals surface area (Å²) in [7, 11) is -0.597. The standard InChI is InChI=1S/C21H23N3O4S2/c1-23(2)30(26,27)16-10-11-18-17(14-16)22-21(28-18)29-19(15-8-4-3-5-9-15)20(25)24-12-6-7-13-24/h3-5,8-11,14,19H,6-7,12-13H2,1-2H3/t19-/m0/s1. The Hall–Kier alpha value is -2.36. The highest BCUT2D eigenvalue weighted by molar-refractivity contribution is 8.00. The molecule has 0 N–H and O–H groups in total. The molecule has 158 valence electrons. The summed E-state index contributed by atoms with van der Waals surface area (Å²) in [6.45, 7) is 1.53. The van der Waals surface area contributed by atoms with Crippen molar-refractivity contribution in [3.8, 4) is 0 Å². The zero-order valence-corrected chi connectivity index (χ0v) is 18.4. The lowest BCUT2D eigenvalue weighted by Crippen LogP contribution is -2.31. The Morgan fingerprint density at radius 3 is 2.50 bits per heavy atom. The molecule has 1 atom stereocenters. The first-order valence-corrected chi connectivity index (χ1v) is 12.0. The second-order valence-electron chi connectivity index (χ2n) is 7.34. The minimum Gasteiger partial charge on any atom is -0.431 e. The third kappa shape index (κ3) is 4.10. The molecular formula is C21H23N3O4S2. The number of benzene rings is 2. The molecule has 2 heterocycles. The van der Waals surface area contributed by atoms with E-state index in [-0.39, 0.29) is 10.8 Å². The number of thioether (sulfide) groups is 1. The van der Waals surface area contributed by atoms with Gasteiger partial charge < -0.3 is 9.32 Å². The fourth-order valence-corrected chi connectivity index (χ4v) is 5.36. The summed E-state index contributed by atoms with van der Waals surface area (Å²) in [5, 5.41) is -0.131. The van der Waals surface area contributed by atoms with Gasteiger partial charge in [-0.25, -0.2) is 17.7 Å². The van der Waals surface area contributed by atoms with Gasteiger partial charge in [0.15, 0.2) is 5.58 Å². The van der Waals surface area contributed by atoms with Crippen LogP contribution in [0.25, 0.3) is 11.1 Å². The number of hydrogen-bond donors (Lipinski definition) is 0. The van der Waals surface area contributed by atoms with Crippen molar-refractivity contribution < 1.29 is 17.6 Å². The van der Waals surface area contributed by atoms with E-state index >= 15 is 0 Å². The summed E-state index contributed by atoms with van der Waals surface area (Å²) in [5.74, 6) is 0.0434. The molecule has 7 nitrogen and oxygen atoms in total. The lowest BCUT2D eigenvalue weighted by atomic mass is 10.1. The van der Waals surface area contributed by atoms with Gasteiger partial charge in [0.2, 0.25) is 15.9 Å². The maximum Gasteiger partial charge on any atom is 0.257 e. The first-order valence-electron chi connectivity index (χ1n) is 9.70. The molecule has 3 aromatic rings. The van der Waals surface area contributed by atoms with E-state index in [0.29, 0.717) is 16.3 Å². The predicted octanol–water partition coefficient (Wildman–Crippen LogP) is 3.53. The molecule has 0 bridgehead atoms. The zero-order valence-electron chi connectivity index (χ0n) is 16.8. The molecule has 0 unspecified atom stereocenters. The number of nitrogens with zero attached hydrogens (tertiary/aromatic N) is 3. The maximum absolute atomic E-state index is 13.2. The van der Waals surface area contributed by atoms with Crippen LogP contribution >= 0.6 is 11.8 Å². The number of rotatable bonds is 6. The van der Waals surface area contributed by atoms with E-state index in [1.807, 2.05) is 35.2 Å². The van der Waals surface area contributed by atoms with Gasteiger partial charge in [0, 0.05) is 27.2 Å². The summed E-state index contributed by atoms with van der Waals surface area (Å²) in [6, 6.07) is 14.2. The maximum atomic E-state index is 13.2. The van der Waals surface area contributed by atoms with E-state index in [2.05, 4.69) is 4.98 Å². The zero-order chi connectivity index (χ0) is 21.3. The Balaban J connectivity index is 1.66. The molecule has 4 rings (SSSR count). The topological polar surface area (TPSA) is 83.7 Å². The van der Waals surface area contributed by atoms with Crippen molar-refractivity contribution >= 4 is 38.8 Å². The van der Waals surface area contributed by atoms with Crippen LogP contribution in [0.5, 0.6) is 0 Å². The Kier molecular flexibility index (Phi) is 5.86. The normalized spacial score (nSPS) is 15.8. The smallest absolute Gasteiger partial charge is 0.257 e. The minimum atomic E-state index is -3.57. The number of carbonyl (C=O) groups excluding carboxylic acids is 1. The molecule has 0 spiro atoms. The average Bonchev–Trinajstić information content (AvgIpc) is 3.41. The number of sulfonamides is 1. The Bertz CT molecular complexity index is 1150. The largest absolute Gasteiger partial charge is 0.431 e. The van der Waals surface area contributed by atoms with Crippen molar-refractivity contribution in [1.29, 1.82) is 0 Å². The van der Waals surface area contributed by atoms with E-state index < -0.39 is 15.3 Å². The molecule has 9 heteroatoms. The molecule has 0 radical (unpaired) electrons. The molecule has 0 saturated carbocycles. The number of likely N-dealkylation sites (tertiary alicyclic amines) is 1. The molecule has 1 aromatic heterocycles. The Morgan fingerprint density at radius 2 is 1.83 bits per heavy atom. The van der Waals surface area contributed by atoms with Crippen molar-refractivity contribution in [2.24, 2.45) is 0 Å². The number of amides is 1. The average molecular weight is 446 g/mol. The molecule has 1 amide bonds. The summed E-state index contributed by atoms with van der Waals surface area (Å²) < 4.78 is 31.8. The van der Waals surface area contributed by atoms with Gasteiger partial charge in [-0.15, -0.1) is 0 Å². The predicted molar refractivity (Wildman–Crippen MR) is 116 cm³/mol. The molecule has 1 aliphatic rings. The van der Waals surface area contributed by atoms with E-state index in [1.54, 1.807) is 6.07 Å². The minimum absolute atomic E-state index is 0.0434. The fraction of sp³-hybridized carbons (Fsp3) is 0.333. The number of fused-ring (bicyclic) bond motifs is 1. The van der Waals surface area contributed by atoms with Crippen molar-refractivity contribution in [1.82, 2.24) is 14.2 Å². The Labute approximate surface area is 180 Å². The Morgan fingerprint density at radius 1 is 1.13 bits per heavy atom. The van der Waals surface area contributed by atoms with Crippen molar-refractivity contribution in [3.05, 3.63) is 54.1 Å². The number of aromatic nitrogens is 1. The van der Waals surface area contributed by atoms with Gasteiger partial charge in [-0.1, -0.05) is 30.3 Å². The van der Waals surface area contributed by atoms with E-state index in [0.717, 1.165) is 35.8 Å². The second kappa shape index (κ2) is 8.41. The van der Waals surface area contributed by atoms with Crippen LogP contribution in [0.3, 0.4) is 0 Å². The molecule has 0 aliphatic carbocycles. The molecule has 30 heavy (non-hydrogen) atoms. The van der Waals surface area contributed by atoms with Crippen LogP contribution in [0.2, 0.25) is 0 Å². The third-order valence-corrected chi connectivity index (χ3v) is 7.98. The van der Waals surface area contributed by atoms with Crippen molar-refractivity contribution in [3.63, 3.8) is 0 Å². The van der Waals surface area contributed by atoms with Crippen molar-refractivity contribution in [2.45, 2.75) is 28.2 Å². The second-order valence-corrected chi connectivity index (χ2v) is 10.5. The van der Waals surface area contributed by atoms with Crippen LogP contribution in [-0.2, 0) is 14.8 Å². The van der Waals surface area contributed by atoms with Crippen molar-refractivity contribution in [2.75, 3.05) is 27.2 Å². The van der Waals surface area contributed by atoms with Gasteiger partial charge in [-0.05, 0) is 48.4 Å². The summed E-state index contributed by atoms with van der Waals surface area (Å²) in [4.78, 5) is 19.7. The van der Waals surface area contributed by atoms with E-state index in [4.69, 9.17) is 4.42 Å². The quantitative estimate of drug-likeness (QED) is 0.540. The summed E-state index contributed by atoms with van der Waals surface area (Å²) >= 11 is 1.25. The van der Waals surface area contributed by atoms with Gasteiger partial charge in [0.05, 0.1) is 4.90 Å². The molecule has 1 aliphatic heterocycles. The number of hydrogen-bond acceptors (Lipinski definition) is 6. The van der Waals surface area contributed by atoms with Gasteiger partial charge >= 0.3 is 0 Å². The summed E-state index contributed by atoms with van der Waals surface area (Å²) in [5.41, 5.74) is 1.81. The van der Waals surface area contributed by atoms with Gasteiger partial charge in [0.25, 0.3) is 5.22 Å². The first-order chi connectivity index (χ1) is 14.4. The van der Waals surface area contributed by atoms with Gasteiger partial charge in [-0.3, -0.25) is 4.79 Å². The molecular weight excluding hydrogens is 422 g/mol. The van der Waals surface area contributed by atoms with Crippen LogP contribution in [-0.4, -0.2) is 55.7 Å². The highest BCUT2D eigenvalue weighted by Gasteiger charge is 2.30. The highest BCUT2D eigenvalue weighted by atomic mass is 32.2. The highest BCUT2D eigenvalue weighted by Crippen LogP contribution is 2.38. The monoisotopic (exact) mass is 445 g/mol. The molecule has 2 aromatic carbocycles. The number of oxazole rings is 1. The van der Waals surface area contributed by atoms with E-state index in [9.17, 15) is 13.2 Å². The van der Waals surface area contributed by atoms with Crippen LogP contribution in [0.4, 0.5) is 0 Å². The first kappa shape index (κ1) is 20.9. The lowest BCUT2D eigenvalue weighted by molar-refractivity contribution is -0.129. The van der Waals surface area contributed by atoms with Crippen LogP contribution in [0.15, 0.2) is 63.1 Å². The van der Waals surface area contributed by atoms with Crippen LogP contribution in [0, 0.1) is 0 Å². The van der Waals surface area contributed by atoms with Crippen LogP contribution < -0.4 is 0 Å². The molecule has 1 fully saturated rings. The fourth-order valence-electron chi connectivity index (χ4n) is 3.40. The summed E-state index contributed by atoms with van der Waals surface area (Å²) in [6.07, 6.45) is 2.04. The molecule has 1 saturated heterocycles. The lowest BCUT2D eigenvalue weighted by Gasteiger charge is -2.22. The van der Waals surface area contributed by atoms with Gasteiger partial charge in [0.1, 0.15) is 10.8 Å². The van der Waals surface area contributed by atoms with Crippen LogP contribution in [0.1, 0.15) is 23.7 Å². The van der Waals surface area contributed by atoms with E-state index in [1.165, 1.54) is 38.0 Å². The SMILES string of the molecule is CN(C)S(=O)(=O)c1ccc2oc(S[C@H](C(=O)N3CCCC3)c3ccccc3)nc2c1. The number of carbonyl (C=O) groups is 1. The van der Waals surface area contributed by atoms with Gasteiger partial charge in [-0.2, -0.15) is 0 Å².